The van der Waals surface area contributed by atoms with Crippen LogP contribution in [0.4, 0.5) is 0 Å². The van der Waals surface area contributed by atoms with Gasteiger partial charge in [0.1, 0.15) is 0 Å². The van der Waals surface area contributed by atoms with E-state index in [9.17, 15) is 0 Å². The number of hydrogen-bond donors (Lipinski definition) is 1. The van der Waals surface area contributed by atoms with Gasteiger partial charge in [0.05, 0.1) is 0 Å². The van der Waals surface area contributed by atoms with Crippen LogP contribution in [0.15, 0.2) is 36.9 Å². The van der Waals surface area contributed by atoms with Gasteiger partial charge in [-0.05, 0) is 26.3 Å². The van der Waals surface area contributed by atoms with Crippen LogP contribution >= 0.6 is 0 Å². The van der Waals surface area contributed by atoms with Crippen molar-refractivity contribution in [3.63, 3.8) is 0 Å². The van der Waals surface area contributed by atoms with E-state index in [1.54, 1.807) is 0 Å². The quantitative estimate of drug-likeness (QED) is 0.701. The van der Waals surface area contributed by atoms with Crippen molar-refractivity contribution < 1.29 is 0 Å². The van der Waals surface area contributed by atoms with E-state index in [1.165, 1.54) is 5.56 Å². The number of benzene rings is 1. The molecule has 0 fully saturated rings. The molecule has 1 nitrogen and oxygen atoms in total. The first-order valence-electron chi connectivity index (χ1n) is 4.40. The Kier molecular flexibility index (Phi) is 5.09. The lowest BCUT2D eigenvalue weighted by molar-refractivity contribution is 0.580. The predicted octanol–water partition coefficient (Wildman–Crippen LogP) is 3.07. The van der Waals surface area contributed by atoms with Crippen LogP contribution in [0.3, 0.4) is 0 Å². The van der Waals surface area contributed by atoms with Crippen molar-refractivity contribution in [1.29, 1.82) is 0 Å². The summed E-state index contributed by atoms with van der Waals surface area (Å²) in [5, 5.41) is 0. The fourth-order valence-electron chi connectivity index (χ4n) is 0.589. The molecule has 1 rings (SSSR count). The van der Waals surface area contributed by atoms with Crippen LogP contribution in [0.2, 0.25) is 0 Å². The highest BCUT2D eigenvalue weighted by Crippen LogP contribution is 1.97. The molecule has 1 aromatic rings. The zero-order valence-corrected chi connectivity index (χ0v) is 8.75. The summed E-state index contributed by atoms with van der Waals surface area (Å²) in [7, 11) is 0. The molecule has 0 spiro atoms. The molecule has 13 heavy (non-hydrogen) atoms. The van der Waals surface area contributed by atoms with Crippen molar-refractivity contribution in [2.45, 2.75) is 26.3 Å². The first-order chi connectivity index (χ1) is 5.93. The molecule has 0 saturated carbocycles. The number of hydrogen-bond acceptors (Lipinski definition) is 1. The Hall–Kier alpha value is -1.08. The third-order valence-corrected chi connectivity index (χ3v) is 1.04. The second kappa shape index (κ2) is 5.55. The molecule has 0 saturated heterocycles. The Balaban J connectivity index is 0.000000252. The first-order valence-corrected chi connectivity index (χ1v) is 4.40. The minimum absolute atomic E-state index is 0. The topological polar surface area (TPSA) is 26.0 Å². The molecule has 0 aromatic heterocycles. The molecule has 0 amide bonds. The van der Waals surface area contributed by atoms with Crippen molar-refractivity contribution in [2.24, 2.45) is 5.73 Å². The Labute approximate surface area is 81.3 Å². The van der Waals surface area contributed by atoms with Crippen LogP contribution in [0.1, 0.15) is 26.3 Å². The van der Waals surface area contributed by atoms with E-state index in [0.717, 1.165) is 0 Å². The molecule has 0 aliphatic heterocycles. The summed E-state index contributed by atoms with van der Waals surface area (Å²) < 4.78 is 0. The van der Waals surface area contributed by atoms with E-state index in [0.29, 0.717) is 0 Å². The lowest BCUT2D eigenvalue weighted by atomic mass is 10.1. The monoisotopic (exact) mass is 177 g/mol. The summed E-state index contributed by atoms with van der Waals surface area (Å²) in [4.78, 5) is 0. The molecule has 0 aliphatic rings. The van der Waals surface area contributed by atoms with Gasteiger partial charge >= 0.3 is 0 Å². The molecule has 2 N–H and O–H groups in total. The van der Waals surface area contributed by atoms with Crippen LogP contribution in [-0.4, -0.2) is 5.54 Å². The van der Waals surface area contributed by atoms with Crippen molar-refractivity contribution >= 4 is 6.08 Å². The van der Waals surface area contributed by atoms with Gasteiger partial charge < -0.3 is 5.73 Å². The SMILES string of the molecule is C=Cc1ccccc1.CC(C)(C)N. The molecular weight excluding hydrogens is 158 g/mol. The Bertz CT molecular complexity index is 225. The van der Waals surface area contributed by atoms with Gasteiger partial charge in [-0.15, -0.1) is 0 Å². The summed E-state index contributed by atoms with van der Waals surface area (Å²) in [6, 6.07) is 10.0. The minimum Gasteiger partial charge on any atom is -0.326 e. The van der Waals surface area contributed by atoms with Gasteiger partial charge in [0.15, 0.2) is 0 Å². The standard InChI is InChI=1S/C8H8.C4H11N/c1-2-8-6-4-3-5-7-8;1-4(2,3)5/h2-7H,1H2;5H2,1-3H3. The van der Waals surface area contributed by atoms with Crippen molar-refractivity contribution in [3.8, 4) is 0 Å². The molecule has 0 atom stereocenters. The van der Waals surface area contributed by atoms with E-state index in [2.05, 4.69) is 6.58 Å². The first kappa shape index (κ1) is 11.9. The summed E-state index contributed by atoms with van der Waals surface area (Å²) >= 11 is 0. The van der Waals surface area contributed by atoms with E-state index < -0.39 is 0 Å². The highest BCUT2D eigenvalue weighted by atomic mass is 14.7. The third-order valence-electron chi connectivity index (χ3n) is 1.04. The minimum atomic E-state index is 0. The van der Waals surface area contributed by atoms with Gasteiger partial charge in [-0.1, -0.05) is 43.0 Å². The van der Waals surface area contributed by atoms with Gasteiger partial charge in [0.2, 0.25) is 0 Å². The summed E-state index contributed by atoms with van der Waals surface area (Å²) in [5.41, 5.74) is 6.53. The summed E-state index contributed by atoms with van der Waals surface area (Å²) in [6.07, 6.45) is 1.83. The average molecular weight is 177 g/mol. The molecule has 0 aliphatic carbocycles. The predicted molar refractivity (Wildman–Crippen MR) is 60.5 cm³/mol. The van der Waals surface area contributed by atoms with Crippen molar-refractivity contribution in [3.05, 3.63) is 42.5 Å². The maximum atomic E-state index is 5.35. The molecule has 1 aromatic carbocycles. The van der Waals surface area contributed by atoms with Crippen LogP contribution in [0.25, 0.3) is 6.08 Å². The van der Waals surface area contributed by atoms with E-state index in [4.69, 9.17) is 5.73 Å². The second-order valence-electron chi connectivity index (χ2n) is 3.98. The molecule has 0 radical (unpaired) electrons. The largest absolute Gasteiger partial charge is 0.326 e. The molecular formula is C12H19N. The molecule has 72 valence electrons. The highest BCUT2D eigenvalue weighted by Gasteiger charge is 1.95. The molecule has 0 unspecified atom stereocenters. The average Bonchev–Trinajstić information content (AvgIpc) is 2.03. The van der Waals surface area contributed by atoms with E-state index >= 15 is 0 Å². The van der Waals surface area contributed by atoms with Gasteiger partial charge in [0.25, 0.3) is 0 Å². The van der Waals surface area contributed by atoms with Gasteiger partial charge in [-0.2, -0.15) is 0 Å². The molecule has 0 heterocycles. The maximum absolute atomic E-state index is 5.35. The van der Waals surface area contributed by atoms with E-state index in [1.807, 2.05) is 57.2 Å². The second-order valence-corrected chi connectivity index (χ2v) is 3.98. The smallest absolute Gasteiger partial charge is 0.00686 e. The van der Waals surface area contributed by atoms with Crippen LogP contribution < -0.4 is 5.73 Å². The highest BCUT2D eigenvalue weighted by molar-refractivity contribution is 5.45. The van der Waals surface area contributed by atoms with Crippen molar-refractivity contribution in [1.82, 2.24) is 0 Å². The van der Waals surface area contributed by atoms with Crippen LogP contribution in [0, 0.1) is 0 Å². The Morgan fingerprint density at radius 3 is 1.77 bits per heavy atom. The van der Waals surface area contributed by atoms with Crippen LogP contribution in [-0.2, 0) is 0 Å². The molecule has 1 heteroatoms. The zero-order chi connectivity index (χ0) is 10.3. The van der Waals surface area contributed by atoms with E-state index in [-0.39, 0.29) is 5.54 Å². The fraction of sp³-hybridized carbons (Fsp3) is 0.333. The number of rotatable bonds is 1. The Morgan fingerprint density at radius 1 is 1.15 bits per heavy atom. The normalized spacial score (nSPS) is 9.85. The van der Waals surface area contributed by atoms with Gasteiger partial charge in [0, 0.05) is 5.54 Å². The maximum Gasteiger partial charge on any atom is 0.00686 e. The van der Waals surface area contributed by atoms with Gasteiger partial charge in [-0.25, -0.2) is 0 Å². The number of nitrogens with two attached hydrogens (primary N) is 1. The van der Waals surface area contributed by atoms with Crippen LogP contribution in [0.5, 0.6) is 0 Å². The van der Waals surface area contributed by atoms with Gasteiger partial charge in [-0.3, -0.25) is 0 Å². The third kappa shape index (κ3) is 10.9. The lowest BCUT2D eigenvalue weighted by Crippen LogP contribution is -2.26. The summed E-state index contributed by atoms with van der Waals surface area (Å²) in [5.74, 6) is 0. The summed E-state index contributed by atoms with van der Waals surface area (Å²) in [6.45, 7) is 9.53. The molecule has 0 bridgehead atoms. The lowest BCUT2D eigenvalue weighted by Gasteiger charge is -2.06. The zero-order valence-electron chi connectivity index (χ0n) is 8.75. The van der Waals surface area contributed by atoms with Crippen molar-refractivity contribution in [2.75, 3.05) is 0 Å². The Morgan fingerprint density at radius 2 is 1.54 bits per heavy atom. The fourth-order valence-corrected chi connectivity index (χ4v) is 0.589.